The number of aromatic hydroxyl groups is 2. The molecule has 0 heterocycles. The second-order valence-corrected chi connectivity index (χ2v) is 19.3. The van der Waals surface area contributed by atoms with Gasteiger partial charge in [0.05, 0.1) is 12.1 Å². The van der Waals surface area contributed by atoms with E-state index < -0.39 is 0 Å². The van der Waals surface area contributed by atoms with Crippen molar-refractivity contribution in [1.29, 1.82) is 0 Å². The van der Waals surface area contributed by atoms with Gasteiger partial charge in [-0.25, -0.2) is 0 Å². The average molecular weight is 965 g/mol. The molecule has 8 heteroatoms. The van der Waals surface area contributed by atoms with Crippen LogP contribution in [0.1, 0.15) is 36.8 Å². The molecule has 0 saturated heterocycles. The van der Waals surface area contributed by atoms with Gasteiger partial charge in [-0.2, -0.15) is 0 Å². The van der Waals surface area contributed by atoms with Crippen molar-refractivity contribution in [2.75, 3.05) is 0 Å². The van der Waals surface area contributed by atoms with E-state index in [4.69, 9.17) is 56.4 Å². The van der Waals surface area contributed by atoms with E-state index >= 15 is 0 Å². The van der Waals surface area contributed by atoms with Gasteiger partial charge in [0, 0.05) is 65.9 Å². The third-order valence-electron chi connectivity index (χ3n) is 13.3. The lowest BCUT2D eigenvalue weighted by Gasteiger charge is -2.26. The van der Waals surface area contributed by atoms with E-state index in [2.05, 4.69) is 72.8 Å². The van der Waals surface area contributed by atoms with E-state index in [9.17, 15) is 10.2 Å². The Kier molecular flexibility index (Phi) is 11.9. The zero-order chi connectivity index (χ0) is 46.5. The molecule has 10 aromatic carbocycles. The predicted octanol–water partition coefficient (Wildman–Crippen LogP) is 17.8. The fraction of sp³-hybridized carbons (Fsp3) is 0.100. The highest BCUT2D eigenvalue weighted by atomic mass is 35.5. The molecule has 2 atom stereocenters. The second kappa shape index (κ2) is 18.4. The Bertz CT molecular complexity index is 3410. The lowest BCUT2D eigenvalue weighted by molar-refractivity contribution is 0.390. The third kappa shape index (κ3) is 8.26. The number of phenolic OH excluding ortho intramolecular Hbond substituents is 2. The van der Waals surface area contributed by atoms with Crippen molar-refractivity contribution >= 4 is 102 Å². The molecule has 332 valence electrons. The molecule has 1 fully saturated rings. The SMILES string of the molecule is Oc1c(C=N[C@H]2CCCC[C@@H]2N=Cc2cc3ccccc3c(-c3c(-c4cc(Cl)cc(Cl)c4)ccc4ccccc34)c2O)cc2ccccc2c1-c1c(-c2cc(Cl)cc(Cl)c2)ccc2ccccc12. The summed E-state index contributed by atoms with van der Waals surface area (Å²) in [5, 5.41) is 35.0. The standard InChI is InChI=1S/C60H42Cl4N2O2/c61-43-27-39(28-44(62)31-43)51-23-21-35-11-1-5-15-47(35)55(51)57-49-17-7-3-13-37(49)25-41(59(57)67)33-65-53-19-9-10-20-54(53)66-34-42-26-38-14-4-8-18-50(38)58(60(42)68)56-48-16-6-2-12-36(48)22-24-52(56)40-29-45(63)32-46(64)30-40/h1-8,11-18,21-34,53-54,67-68H,9-10,19-20H2/t53-,54-/m0/s1. The predicted molar refractivity (Wildman–Crippen MR) is 289 cm³/mol. The van der Waals surface area contributed by atoms with Crippen LogP contribution >= 0.6 is 46.4 Å². The molecule has 2 N–H and O–H groups in total. The number of phenols is 2. The van der Waals surface area contributed by atoms with Crippen LogP contribution in [0.4, 0.5) is 0 Å². The molecule has 0 aromatic heterocycles. The summed E-state index contributed by atoms with van der Waals surface area (Å²) in [7, 11) is 0. The maximum Gasteiger partial charge on any atom is 0.132 e. The molecule has 11 rings (SSSR count). The monoisotopic (exact) mass is 962 g/mol. The molecule has 10 aromatic rings. The Balaban J connectivity index is 1.01. The second-order valence-electron chi connectivity index (χ2n) is 17.5. The number of rotatable bonds is 8. The Morgan fingerprint density at radius 1 is 0.382 bits per heavy atom. The van der Waals surface area contributed by atoms with Gasteiger partial charge < -0.3 is 10.2 Å². The van der Waals surface area contributed by atoms with Crippen LogP contribution in [-0.2, 0) is 0 Å². The van der Waals surface area contributed by atoms with E-state index in [1.54, 1.807) is 12.1 Å². The van der Waals surface area contributed by atoms with Crippen molar-refractivity contribution in [3.8, 4) is 56.0 Å². The molecule has 0 radical (unpaired) electrons. The van der Waals surface area contributed by atoms with E-state index in [-0.39, 0.29) is 23.6 Å². The number of fused-ring (bicyclic) bond motifs is 4. The Morgan fingerprint density at radius 2 is 0.721 bits per heavy atom. The van der Waals surface area contributed by atoms with Crippen molar-refractivity contribution in [2.24, 2.45) is 9.98 Å². The minimum Gasteiger partial charge on any atom is -0.507 e. The largest absolute Gasteiger partial charge is 0.507 e. The van der Waals surface area contributed by atoms with Gasteiger partial charge in [-0.15, -0.1) is 0 Å². The van der Waals surface area contributed by atoms with Crippen LogP contribution in [-0.4, -0.2) is 34.7 Å². The van der Waals surface area contributed by atoms with Crippen molar-refractivity contribution in [3.63, 3.8) is 0 Å². The van der Waals surface area contributed by atoms with Gasteiger partial charge in [0.1, 0.15) is 11.5 Å². The minimum atomic E-state index is -0.157. The van der Waals surface area contributed by atoms with Gasteiger partial charge in [0.25, 0.3) is 0 Å². The number of hydrogen-bond donors (Lipinski definition) is 2. The lowest BCUT2D eigenvalue weighted by Crippen LogP contribution is -2.27. The zero-order valence-corrected chi connectivity index (χ0v) is 39.6. The summed E-state index contributed by atoms with van der Waals surface area (Å²) < 4.78 is 0. The fourth-order valence-corrected chi connectivity index (χ4v) is 11.2. The smallest absolute Gasteiger partial charge is 0.132 e. The molecule has 0 unspecified atom stereocenters. The van der Waals surface area contributed by atoms with E-state index in [1.165, 1.54) is 0 Å². The summed E-state index contributed by atoms with van der Waals surface area (Å²) in [5.74, 6) is 0.269. The molecular weight excluding hydrogens is 922 g/mol. The highest BCUT2D eigenvalue weighted by Crippen LogP contribution is 2.49. The Hall–Kier alpha value is -6.66. The maximum atomic E-state index is 12.5. The van der Waals surface area contributed by atoms with Gasteiger partial charge in [0.2, 0.25) is 0 Å². The summed E-state index contributed by atoms with van der Waals surface area (Å²) in [6.45, 7) is 0. The first-order chi connectivity index (χ1) is 33.2. The molecule has 1 aliphatic rings. The van der Waals surface area contributed by atoms with Gasteiger partial charge >= 0.3 is 0 Å². The number of hydrogen-bond acceptors (Lipinski definition) is 4. The maximum absolute atomic E-state index is 12.5. The Morgan fingerprint density at radius 3 is 1.10 bits per heavy atom. The van der Waals surface area contributed by atoms with Crippen molar-refractivity contribution in [2.45, 2.75) is 37.8 Å². The number of halogens is 4. The van der Waals surface area contributed by atoms with Crippen LogP contribution in [0, 0.1) is 0 Å². The third-order valence-corrected chi connectivity index (χ3v) is 14.2. The molecule has 1 aliphatic carbocycles. The topological polar surface area (TPSA) is 65.2 Å². The van der Waals surface area contributed by atoms with E-state index in [0.717, 1.165) is 102 Å². The fourth-order valence-electron chi connectivity index (χ4n) is 10.2. The molecule has 1 saturated carbocycles. The number of aliphatic imine (C=N–C) groups is 2. The van der Waals surface area contributed by atoms with Crippen molar-refractivity contribution in [3.05, 3.63) is 201 Å². The summed E-state index contributed by atoms with van der Waals surface area (Å²) in [6, 6.07) is 55.8. The van der Waals surface area contributed by atoms with Gasteiger partial charge in [-0.1, -0.05) is 181 Å². The van der Waals surface area contributed by atoms with E-state index in [0.29, 0.717) is 42.3 Å². The van der Waals surface area contributed by atoms with Crippen LogP contribution in [0.3, 0.4) is 0 Å². The van der Waals surface area contributed by atoms with Crippen LogP contribution in [0.2, 0.25) is 20.1 Å². The summed E-state index contributed by atoms with van der Waals surface area (Å²) >= 11 is 26.4. The number of benzene rings is 10. The van der Waals surface area contributed by atoms with Gasteiger partial charge in [0.15, 0.2) is 0 Å². The normalized spacial score (nSPS) is 15.4. The zero-order valence-electron chi connectivity index (χ0n) is 36.6. The molecule has 4 nitrogen and oxygen atoms in total. The van der Waals surface area contributed by atoms with Crippen LogP contribution in [0.15, 0.2) is 180 Å². The molecule has 68 heavy (non-hydrogen) atoms. The first-order valence-corrected chi connectivity index (χ1v) is 24.2. The van der Waals surface area contributed by atoms with Crippen molar-refractivity contribution < 1.29 is 10.2 Å². The van der Waals surface area contributed by atoms with Crippen LogP contribution in [0.5, 0.6) is 11.5 Å². The average Bonchev–Trinajstić information content (AvgIpc) is 3.34. The molecule has 0 spiro atoms. The molecule has 0 bridgehead atoms. The summed E-state index contributed by atoms with van der Waals surface area (Å²) in [6.07, 6.45) is 7.32. The summed E-state index contributed by atoms with van der Waals surface area (Å²) in [5.41, 5.74) is 7.90. The Labute approximate surface area is 414 Å². The minimum absolute atomic E-state index is 0.135. The first kappa shape index (κ1) is 43.9. The number of nitrogens with zero attached hydrogens (tertiary/aromatic N) is 2. The first-order valence-electron chi connectivity index (χ1n) is 22.7. The van der Waals surface area contributed by atoms with Gasteiger partial charge in [-0.05, 0) is 127 Å². The summed E-state index contributed by atoms with van der Waals surface area (Å²) in [4.78, 5) is 10.5. The van der Waals surface area contributed by atoms with Crippen molar-refractivity contribution in [1.82, 2.24) is 0 Å². The highest BCUT2D eigenvalue weighted by molar-refractivity contribution is 6.36. The van der Waals surface area contributed by atoms with Crippen LogP contribution in [0.25, 0.3) is 87.6 Å². The van der Waals surface area contributed by atoms with Gasteiger partial charge in [-0.3, -0.25) is 9.98 Å². The molecular formula is C60H42Cl4N2O2. The van der Waals surface area contributed by atoms with E-state index in [1.807, 2.05) is 97.4 Å². The molecule has 0 aliphatic heterocycles. The highest BCUT2D eigenvalue weighted by Gasteiger charge is 2.26. The quantitative estimate of drug-likeness (QED) is 0.149. The lowest BCUT2D eigenvalue weighted by atomic mass is 9.86. The van der Waals surface area contributed by atoms with Crippen LogP contribution < -0.4 is 0 Å². The molecule has 0 amide bonds.